The molecule has 0 aliphatic rings. The first-order valence-electron chi connectivity index (χ1n) is 9.01. The van der Waals surface area contributed by atoms with Gasteiger partial charge in [-0.15, -0.1) is 0 Å². The van der Waals surface area contributed by atoms with Gasteiger partial charge in [0.15, 0.2) is 5.11 Å². The van der Waals surface area contributed by atoms with Crippen LogP contribution in [-0.4, -0.2) is 16.4 Å². The minimum absolute atomic E-state index is 0.0338. The van der Waals surface area contributed by atoms with E-state index in [9.17, 15) is 5.11 Å². The number of rotatable bonds is 3. The summed E-state index contributed by atoms with van der Waals surface area (Å²) in [6, 6.07) is 13.7. The molecule has 0 aromatic heterocycles. The minimum atomic E-state index is -0.175. The van der Waals surface area contributed by atoms with Crippen molar-refractivity contribution in [2.24, 2.45) is 5.10 Å². The summed E-state index contributed by atoms with van der Waals surface area (Å²) in [6.45, 7) is 12.7. The molecule has 2 aromatic carbocycles. The van der Waals surface area contributed by atoms with Crippen LogP contribution in [0.25, 0.3) is 0 Å². The van der Waals surface area contributed by atoms with Gasteiger partial charge in [-0.25, -0.2) is 0 Å². The zero-order valence-corrected chi connectivity index (χ0v) is 17.7. The molecule has 4 nitrogen and oxygen atoms in total. The van der Waals surface area contributed by atoms with Gasteiger partial charge in [-0.2, -0.15) is 5.10 Å². The molecule has 2 aromatic rings. The van der Waals surface area contributed by atoms with Gasteiger partial charge in [-0.05, 0) is 46.8 Å². The first-order valence-corrected chi connectivity index (χ1v) is 9.42. The van der Waals surface area contributed by atoms with E-state index in [1.54, 1.807) is 6.21 Å². The molecule has 3 N–H and O–H groups in total. The van der Waals surface area contributed by atoms with Crippen LogP contribution in [0, 0.1) is 0 Å². The molecule has 0 spiro atoms. The minimum Gasteiger partial charge on any atom is -0.507 e. The second kappa shape index (κ2) is 8.09. The Morgan fingerprint density at radius 1 is 1.00 bits per heavy atom. The van der Waals surface area contributed by atoms with Crippen LogP contribution in [0.5, 0.6) is 5.75 Å². The molecule has 2 rings (SSSR count). The standard InChI is InChI=1S/C22H29N3OS/c1-21(2,3)16-12-15(19(26)18(13-16)22(4,5)6)14-23-25-20(27)24-17-10-8-7-9-11-17/h7-14,26H,1-6H3,(H2,24,25,27)/b23-14-. The quantitative estimate of drug-likeness (QED) is 0.382. The van der Waals surface area contributed by atoms with Gasteiger partial charge >= 0.3 is 0 Å². The molecule has 0 fully saturated rings. The lowest BCUT2D eigenvalue weighted by molar-refractivity contribution is 0.444. The number of hydrazone groups is 1. The van der Waals surface area contributed by atoms with E-state index in [2.05, 4.69) is 63.5 Å². The Balaban J connectivity index is 2.24. The second-order valence-electron chi connectivity index (χ2n) is 8.65. The first-order chi connectivity index (χ1) is 12.5. The number of thiocarbonyl (C=S) groups is 1. The van der Waals surface area contributed by atoms with Crippen LogP contribution in [0.4, 0.5) is 5.69 Å². The van der Waals surface area contributed by atoms with Crippen LogP contribution in [0.15, 0.2) is 47.6 Å². The summed E-state index contributed by atoms with van der Waals surface area (Å²) in [5.74, 6) is 0.253. The molecule has 0 atom stereocenters. The van der Waals surface area contributed by atoms with Crippen LogP contribution >= 0.6 is 12.2 Å². The Hall–Kier alpha value is -2.40. The number of hydrogen-bond donors (Lipinski definition) is 3. The topological polar surface area (TPSA) is 56.7 Å². The summed E-state index contributed by atoms with van der Waals surface area (Å²) in [5.41, 5.74) is 6.20. The molecular formula is C22H29N3OS. The van der Waals surface area contributed by atoms with Gasteiger partial charge in [0.1, 0.15) is 5.75 Å². The lowest BCUT2D eigenvalue weighted by Crippen LogP contribution is -2.24. The molecule has 0 saturated carbocycles. The number of phenolic OH excluding ortho intramolecular Hbond substituents is 1. The van der Waals surface area contributed by atoms with E-state index in [1.807, 2.05) is 36.4 Å². The van der Waals surface area contributed by atoms with Gasteiger partial charge in [0, 0.05) is 16.8 Å². The van der Waals surface area contributed by atoms with E-state index in [-0.39, 0.29) is 16.6 Å². The summed E-state index contributed by atoms with van der Waals surface area (Å²) in [6.07, 6.45) is 1.61. The van der Waals surface area contributed by atoms with Gasteiger partial charge in [0.05, 0.1) is 6.21 Å². The number of nitrogens with one attached hydrogen (secondary N) is 2. The van der Waals surface area contributed by atoms with Crippen LogP contribution in [0.1, 0.15) is 58.2 Å². The number of aromatic hydroxyl groups is 1. The van der Waals surface area contributed by atoms with E-state index in [0.29, 0.717) is 10.7 Å². The lowest BCUT2D eigenvalue weighted by Gasteiger charge is -2.26. The zero-order chi connectivity index (χ0) is 20.2. The third kappa shape index (κ3) is 5.79. The van der Waals surface area contributed by atoms with Crippen molar-refractivity contribution in [3.63, 3.8) is 0 Å². The lowest BCUT2D eigenvalue weighted by atomic mass is 9.79. The van der Waals surface area contributed by atoms with E-state index >= 15 is 0 Å². The highest BCUT2D eigenvalue weighted by Crippen LogP contribution is 2.37. The maximum absolute atomic E-state index is 10.7. The van der Waals surface area contributed by atoms with Crippen LogP contribution in [0.3, 0.4) is 0 Å². The first kappa shape index (κ1) is 20.9. The van der Waals surface area contributed by atoms with Gasteiger partial charge in [0.25, 0.3) is 0 Å². The molecule has 0 aliphatic carbocycles. The van der Waals surface area contributed by atoms with Gasteiger partial charge in [-0.3, -0.25) is 5.43 Å². The number of hydrogen-bond acceptors (Lipinski definition) is 3. The number of phenols is 1. The SMILES string of the molecule is CC(C)(C)c1cc(/C=N\NC(=S)Nc2ccccc2)c(O)c(C(C)(C)C)c1. The highest BCUT2D eigenvalue weighted by atomic mass is 32.1. The van der Waals surface area contributed by atoms with E-state index < -0.39 is 0 Å². The Bertz CT molecular complexity index is 831. The Morgan fingerprint density at radius 2 is 1.63 bits per heavy atom. The summed E-state index contributed by atoms with van der Waals surface area (Å²) in [5, 5.41) is 18.4. The average molecular weight is 384 g/mol. The monoisotopic (exact) mass is 383 g/mol. The summed E-state index contributed by atoms with van der Waals surface area (Å²) < 4.78 is 0. The summed E-state index contributed by atoms with van der Waals surface area (Å²) in [4.78, 5) is 0. The van der Waals surface area contributed by atoms with Crippen molar-refractivity contribution in [1.82, 2.24) is 5.43 Å². The maximum atomic E-state index is 10.7. The zero-order valence-electron chi connectivity index (χ0n) is 16.9. The van der Waals surface area contributed by atoms with E-state index in [1.165, 1.54) is 0 Å². The van der Waals surface area contributed by atoms with Crippen molar-refractivity contribution >= 4 is 29.2 Å². The smallest absolute Gasteiger partial charge is 0.191 e. The highest BCUT2D eigenvalue weighted by Gasteiger charge is 2.24. The molecule has 0 aliphatic heterocycles. The molecule has 0 heterocycles. The number of benzene rings is 2. The summed E-state index contributed by atoms with van der Waals surface area (Å²) >= 11 is 5.26. The number of anilines is 1. The Kier molecular flexibility index (Phi) is 6.26. The Labute approximate surface area is 167 Å². The molecular weight excluding hydrogens is 354 g/mol. The number of nitrogens with zero attached hydrogens (tertiary/aromatic N) is 1. The van der Waals surface area contributed by atoms with Crippen LogP contribution in [0.2, 0.25) is 0 Å². The fourth-order valence-electron chi connectivity index (χ4n) is 2.60. The van der Waals surface area contributed by atoms with Gasteiger partial charge in [-0.1, -0.05) is 65.8 Å². The van der Waals surface area contributed by atoms with Crippen molar-refractivity contribution in [2.45, 2.75) is 52.4 Å². The van der Waals surface area contributed by atoms with Crippen molar-refractivity contribution in [1.29, 1.82) is 0 Å². The van der Waals surface area contributed by atoms with Crippen molar-refractivity contribution in [3.8, 4) is 5.75 Å². The predicted octanol–water partition coefficient (Wildman–Crippen LogP) is 5.31. The van der Waals surface area contributed by atoms with Crippen molar-refractivity contribution < 1.29 is 5.11 Å². The average Bonchev–Trinajstić information content (AvgIpc) is 2.55. The molecule has 0 radical (unpaired) electrons. The largest absolute Gasteiger partial charge is 0.507 e. The molecule has 27 heavy (non-hydrogen) atoms. The number of para-hydroxylation sites is 1. The van der Waals surface area contributed by atoms with E-state index in [4.69, 9.17) is 12.2 Å². The molecule has 144 valence electrons. The second-order valence-corrected chi connectivity index (χ2v) is 9.06. The molecule has 0 amide bonds. The van der Waals surface area contributed by atoms with Gasteiger partial charge < -0.3 is 10.4 Å². The third-order valence-electron chi connectivity index (χ3n) is 4.21. The van der Waals surface area contributed by atoms with Gasteiger partial charge in [0.2, 0.25) is 0 Å². The molecule has 0 saturated heterocycles. The molecule has 0 unspecified atom stereocenters. The maximum Gasteiger partial charge on any atom is 0.191 e. The Morgan fingerprint density at radius 3 is 2.19 bits per heavy atom. The van der Waals surface area contributed by atoms with Crippen molar-refractivity contribution in [3.05, 3.63) is 59.2 Å². The summed E-state index contributed by atoms with van der Waals surface area (Å²) in [7, 11) is 0. The molecule has 0 bridgehead atoms. The normalized spacial score (nSPS) is 12.2. The predicted molar refractivity (Wildman–Crippen MR) is 119 cm³/mol. The van der Waals surface area contributed by atoms with Crippen molar-refractivity contribution in [2.75, 3.05) is 5.32 Å². The molecule has 5 heteroatoms. The highest BCUT2D eigenvalue weighted by molar-refractivity contribution is 7.80. The van der Waals surface area contributed by atoms with Crippen LogP contribution < -0.4 is 10.7 Å². The van der Waals surface area contributed by atoms with E-state index in [0.717, 1.165) is 16.8 Å². The third-order valence-corrected chi connectivity index (χ3v) is 4.41. The fraction of sp³-hybridized carbons (Fsp3) is 0.364. The van der Waals surface area contributed by atoms with Crippen LogP contribution in [-0.2, 0) is 10.8 Å². The fourth-order valence-corrected chi connectivity index (χ4v) is 2.77.